The minimum absolute atomic E-state index is 0.168. The Hall–Kier alpha value is 0.0200. The molecule has 0 saturated heterocycles. The molecule has 0 aromatic rings. The van der Waals surface area contributed by atoms with Crippen molar-refractivity contribution in [3.05, 3.63) is 0 Å². The molecule has 0 aromatic heterocycles. The van der Waals surface area contributed by atoms with Gasteiger partial charge in [0, 0.05) is 11.2 Å². The SMILES string of the molecule is CCCCSC(=O)C(C)(C)C. The summed E-state index contributed by atoms with van der Waals surface area (Å²) in [6.07, 6.45) is 2.32. The van der Waals surface area contributed by atoms with Crippen LogP contribution in [0.3, 0.4) is 0 Å². The van der Waals surface area contributed by atoms with Gasteiger partial charge < -0.3 is 0 Å². The third-order valence-electron chi connectivity index (χ3n) is 1.34. The minimum Gasteiger partial charge on any atom is -0.287 e. The van der Waals surface area contributed by atoms with Gasteiger partial charge in [-0.2, -0.15) is 0 Å². The van der Waals surface area contributed by atoms with E-state index in [9.17, 15) is 4.79 Å². The van der Waals surface area contributed by atoms with Crippen molar-refractivity contribution in [1.82, 2.24) is 0 Å². The monoisotopic (exact) mass is 174 g/mol. The Kier molecular flexibility index (Phi) is 4.82. The molecule has 0 spiro atoms. The first kappa shape index (κ1) is 11.0. The van der Waals surface area contributed by atoms with Crippen LogP contribution in [0.4, 0.5) is 0 Å². The van der Waals surface area contributed by atoms with Crippen LogP contribution in [0.15, 0.2) is 0 Å². The number of thioether (sulfide) groups is 1. The fourth-order valence-corrected chi connectivity index (χ4v) is 1.58. The summed E-state index contributed by atoms with van der Waals surface area (Å²) in [5, 5.41) is 0.311. The maximum atomic E-state index is 11.3. The van der Waals surface area contributed by atoms with Crippen LogP contribution in [0.2, 0.25) is 0 Å². The summed E-state index contributed by atoms with van der Waals surface area (Å²) in [7, 11) is 0. The number of carbonyl (C=O) groups is 1. The van der Waals surface area contributed by atoms with E-state index in [4.69, 9.17) is 0 Å². The van der Waals surface area contributed by atoms with Gasteiger partial charge in [-0.05, 0) is 6.42 Å². The summed E-state index contributed by atoms with van der Waals surface area (Å²) in [4.78, 5) is 11.3. The molecule has 0 aliphatic rings. The second kappa shape index (κ2) is 4.81. The molecule has 0 saturated carbocycles. The Balaban J connectivity index is 3.54. The van der Waals surface area contributed by atoms with Crippen LogP contribution in [0.1, 0.15) is 40.5 Å². The first-order chi connectivity index (χ1) is 4.98. The van der Waals surface area contributed by atoms with Crippen molar-refractivity contribution in [3.8, 4) is 0 Å². The molecule has 0 radical (unpaired) electrons. The molecule has 0 aromatic carbocycles. The molecule has 0 aliphatic carbocycles. The summed E-state index contributed by atoms with van der Waals surface area (Å²) in [6, 6.07) is 0. The van der Waals surface area contributed by atoms with Crippen molar-refractivity contribution in [3.63, 3.8) is 0 Å². The Bertz CT molecular complexity index is 124. The number of unbranched alkanes of at least 4 members (excludes halogenated alkanes) is 1. The molecule has 11 heavy (non-hydrogen) atoms. The van der Waals surface area contributed by atoms with E-state index in [0.29, 0.717) is 5.12 Å². The Labute approximate surface area is 73.9 Å². The minimum atomic E-state index is -0.168. The Morgan fingerprint density at radius 1 is 1.36 bits per heavy atom. The molecule has 0 bridgehead atoms. The molecule has 0 heterocycles. The highest BCUT2D eigenvalue weighted by Gasteiger charge is 2.20. The second-order valence-corrected chi connectivity index (χ2v) is 4.81. The molecular formula is C9H18OS. The van der Waals surface area contributed by atoms with Gasteiger partial charge in [0.2, 0.25) is 0 Å². The van der Waals surface area contributed by atoms with Crippen molar-refractivity contribution in [2.45, 2.75) is 40.5 Å². The summed E-state index contributed by atoms with van der Waals surface area (Å²) in [5.41, 5.74) is -0.168. The van der Waals surface area contributed by atoms with E-state index >= 15 is 0 Å². The third-order valence-corrected chi connectivity index (χ3v) is 2.71. The number of rotatable bonds is 3. The lowest BCUT2D eigenvalue weighted by Gasteiger charge is -2.14. The van der Waals surface area contributed by atoms with Crippen LogP contribution in [-0.4, -0.2) is 10.9 Å². The van der Waals surface area contributed by atoms with Crippen LogP contribution < -0.4 is 0 Å². The standard InChI is InChI=1S/C9H18OS/c1-5-6-7-11-8(10)9(2,3)4/h5-7H2,1-4H3. The first-order valence-electron chi connectivity index (χ1n) is 4.15. The Morgan fingerprint density at radius 3 is 2.27 bits per heavy atom. The predicted molar refractivity (Wildman–Crippen MR) is 51.8 cm³/mol. The van der Waals surface area contributed by atoms with E-state index in [2.05, 4.69) is 6.92 Å². The molecule has 0 aliphatic heterocycles. The largest absolute Gasteiger partial charge is 0.287 e. The van der Waals surface area contributed by atoms with Gasteiger partial charge in [0.1, 0.15) is 0 Å². The molecular weight excluding hydrogens is 156 g/mol. The number of carbonyl (C=O) groups excluding carboxylic acids is 1. The lowest BCUT2D eigenvalue weighted by molar-refractivity contribution is -0.117. The molecule has 0 unspecified atom stereocenters. The van der Waals surface area contributed by atoms with Crippen molar-refractivity contribution < 1.29 is 4.79 Å². The van der Waals surface area contributed by atoms with Gasteiger partial charge in [0.15, 0.2) is 5.12 Å². The zero-order valence-corrected chi connectivity index (χ0v) is 8.75. The van der Waals surface area contributed by atoms with E-state index in [1.54, 1.807) is 0 Å². The average Bonchev–Trinajstić information content (AvgIpc) is 1.86. The van der Waals surface area contributed by atoms with Gasteiger partial charge in [0.05, 0.1) is 0 Å². The lowest BCUT2D eigenvalue weighted by atomic mass is 10.00. The maximum absolute atomic E-state index is 11.3. The molecule has 0 amide bonds. The van der Waals surface area contributed by atoms with Gasteiger partial charge in [-0.1, -0.05) is 45.9 Å². The van der Waals surface area contributed by atoms with Gasteiger partial charge >= 0.3 is 0 Å². The molecule has 2 heteroatoms. The highest BCUT2D eigenvalue weighted by atomic mass is 32.2. The van der Waals surface area contributed by atoms with Crippen molar-refractivity contribution >= 4 is 16.9 Å². The molecule has 0 rings (SSSR count). The lowest BCUT2D eigenvalue weighted by Crippen LogP contribution is -2.16. The van der Waals surface area contributed by atoms with Gasteiger partial charge in [-0.25, -0.2) is 0 Å². The van der Waals surface area contributed by atoms with Crippen LogP contribution in [-0.2, 0) is 4.79 Å². The summed E-state index contributed by atoms with van der Waals surface area (Å²) >= 11 is 1.47. The van der Waals surface area contributed by atoms with Crippen molar-refractivity contribution in [1.29, 1.82) is 0 Å². The quantitative estimate of drug-likeness (QED) is 0.612. The number of hydrogen-bond acceptors (Lipinski definition) is 2. The van der Waals surface area contributed by atoms with Crippen LogP contribution in [0, 0.1) is 5.41 Å². The predicted octanol–water partition coefficient (Wildman–Crippen LogP) is 3.09. The van der Waals surface area contributed by atoms with E-state index in [-0.39, 0.29) is 5.41 Å². The third kappa shape index (κ3) is 5.31. The van der Waals surface area contributed by atoms with E-state index in [1.165, 1.54) is 18.2 Å². The average molecular weight is 174 g/mol. The maximum Gasteiger partial charge on any atom is 0.194 e. The van der Waals surface area contributed by atoms with E-state index in [1.807, 2.05) is 20.8 Å². The molecule has 0 N–H and O–H groups in total. The Morgan fingerprint density at radius 2 is 1.91 bits per heavy atom. The zero-order chi connectivity index (χ0) is 8.91. The highest BCUT2D eigenvalue weighted by Crippen LogP contribution is 2.23. The smallest absolute Gasteiger partial charge is 0.194 e. The van der Waals surface area contributed by atoms with Gasteiger partial charge in [-0.3, -0.25) is 4.79 Å². The van der Waals surface area contributed by atoms with E-state index < -0.39 is 0 Å². The summed E-state index contributed by atoms with van der Waals surface area (Å²) < 4.78 is 0. The number of hydrogen-bond donors (Lipinski definition) is 0. The van der Waals surface area contributed by atoms with Crippen molar-refractivity contribution in [2.24, 2.45) is 5.41 Å². The molecule has 66 valence electrons. The normalized spacial score (nSPS) is 11.6. The topological polar surface area (TPSA) is 17.1 Å². The molecule has 0 atom stereocenters. The summed E-state index contributed by atoms with van der Waals surface area (Å²) in [6.45, 7) is 8.04. The van der Waals surface area contributed by atoms with Crippen LogP contribution in [0.5, 0.6) is 0 Å². The molecule has 0 fully saturated rings. The van der Waals surface area contributed by atoms with E-state index in [0.717, 1.165) is 12.2 Å². The van der Waals surface area contributed by atoms with Crippen LogP contribution >= 0.6 is 11.8 Å². The zero-order valence-electron chi connectivity index (χ0n) is 7.94. The second-order valence-electron chi connectivity index (χ2n) is 3.74. The highest BCUT2D eigenvalue weighted by molar-refractivity contribution is 8.13. The fourth-order valence-electron chi connectivity index (χ4n) is 0.526. The van der Waals surface area contributed by atoms with Gasteiger partial charge in [-0.15, -0.1) is 0 Å². The fraction of sp³-hybridized carbons (Fsp3) is 0.889. The van der Waals surface area contributed by atoms with Crippen molar-refractivity contribution in [2.75, 3.05) is 5.75 Å². The van der Waals surface area contributed by atoms with Gasteiger partial charge in [0.25, 0.3) is 0 Å². The molecule has 1 nitrogen and oxygen atoms in total. The summed E-state index contributed by atoms with van der Waals surface area (Å²) in [5.74, 6) is 0.979. The van der Waals surface area contributed by atoms with Crippen LogP contribution in [0.25, 0.3) is 0 Å². The first-order valence-corrected chi connectivity index (χ1v) is 5.14.